The van der Waals surface area contributed by atoms with Crippen molar-refractivity contribution in [3.8, 4) is 5.75 Å². The van der Waals surface area contributed by atoms with E-state index in [2.05, 4.69) is 0 Å². The summed E-state index contributed by atoms with van der Waals surface area (Å²) in [7, 11) is -7.50. The van der Waals surface area contributed by atoms with E-state index in [0.717, 1.165) is 13.2 Å². The summed E-state index contributed by atoms with van der Waals surface area (Å²) < 4.78 is 53.3. The molecular weight excluding hydrogens is 376 g/mol. The van der Waals surface area contributed by atoms with Crippen LogP contribution in [0.4, 0.5) is 0 Å². The van der Waals surface area contributed by atoms with Crippen molar-refractivity contribution in [1.82, 2.24) is 0 Å². The normalized spacial score (nSPS) is 12.0. The van der Waals surface area contributed by atoms with Gasteiger partial charge >= 0.3 is 5.97 Å². The largest absolute Gasteiger partial charge is 0.425 e. The Labute approximate surface area is 144 Å². The highest BCUT2D eigenvalue weighted by molar-refractivity contribution is 7.91. The molecule has 0 spiro atoms. The van der Waals surface area contributed by atoms with Gasteiger partial charge in [-0.15, -0.1) is 0 Å². The topological polar surface area (TPSA) is 94.6 Å². The third-order valence-corrected chi connectivity index (χ3v) is 6.17. The summed E-state index contributed by atoms with van der Waals surface area (Å²) >= 11 is 5.85. The molecule has 0 aliphatic heterocycles. The highest BCUT2D eigenvalue weighted by Gasteiger charge is 2.24. The standard InChI is InChI=1S/C15H13ClO6S2/c1-10(17)22-14-8-3-11(16)9-15(14)24(20,21)13-6-4-12(5-7-13)23(2,18)19/h3-9H,1-2H3. The zero-order valence-corrected chi connectivity index (χ0v) is 15.1. The van der Waals surface area contributed by atoms with Gasteiger partial charge in [0.2, 0.25) is 9.84 Å². The molecule has 6 nitrogen and oxygen atoms in total. The predicted octanol–water partition coefficient (Wildman–Crippen LogP) is 2.50. The summed E-state index contributed by atoms with van der Waals surface area (Å²) in [5, 5.41) is 0.150. The Morgan fingerprint density at radius 1 is 0.958 bits per heavy atom. The molecule has 0 saturated carbocycles. The number of rotatable bonds is 4. The van der Waals surface area contributed by atoms with Crippen molar-refractivity contribution < 1.29 is 26.4 Å². The summed E-state index contributed by atoms with van der Waals surface area (Å²) in [6.45, 7) is 1.14. The minimum atomic E-state index is -4.06. The number of benzene rings is 2. The van der Waals surface area contributed by atoms with E-state index in [-0.39, 0.29) is 25.5 Å². The number of esters is 1. The van der Waals surface area contributed by atoms with E-state index in [1.807, 2.05) is 0 Å². The van der Waals surface area contributed by atoms with Gasteiger partial charge in [0.1, 0.15) is 10.6 Å². The second-order valence-electron chi connectivity index (χ2n) is 4.93. The maximum Gasteiger partial charge on any atom is 0.308 e. The van der Waals surface area contributed by atoms with Crippen LogP contribution < -0.4 is 4.74 Å². The van der Waals surface area contributed by atoms with E-state index in [0.29, 0.717) is 0 Å². The van der Waals surface area contributed by atoms with E-state index in [1.165, 1.54) is 42.5 Å². The lowest BCUT2D eigenvalue weighted by atomic mass is 10.3. The minimum Gasteiger partial charge on any atom is -0.425 e. The van der Waals surface area contributed by atoms with Gasteiger partial charge in [0, 0.05) is 18.2 Å². The van der Waals surface area contributed by atoms with E-state index in [4.69, 9.17) is 16.3 Å². The average Bonchev–Trinajstić information content (AvgIpc) is 2.48. The highest BCUT2D eigenvalue weighted by Crippen LogP contribution is 2.32. The van der Waals surface area contributed by atoms with Crippen LogP contribution in [-0.4, -0.2) is 29.1 Å². The second-order valence-corrected chi connectivity index (χ2v) is 9.30. The SMILES string of the molecule is CC(=O)Oc1ccc(Cl)cc1S(=O)(=O)c1ccc(S(C)(=O)=O)cc1. The zero-order valence-electron chi connectivity index (χ0n) is 12.7. The number of ether oxygens (including phenoxy) is 1. The van der Waals surface area contributed by atoms with Crippen LogP contribution in [0.15, 0.2) is 57.2 Å². The van der Waals surface area contributed by atoms with Gasteiger partial charge in [-0.2, -0.15) is 0 Å². The molecule has 0 aromatic heterocycles. The molecule has 0 radical (unpaired) electrons. The van der Waals surface area contributed by atoms with Gasteiger partial charge in [-0.05, 0) is 42.5 Å². The fourth-order valence-electron chi connectivity index (χ4n) is 1.92. The Morgan fingerprint density at radius 2 is 1.50 bits per heavy atom. The summed E-state index contributed by atoms with van der Waals surface area (Å²) in [4.78, 5) is 10.7. The average molecular weight is 389 g/mol. The van der Waals surface area contributed by atoms with E-state index in [1.54, 1.807) is 0 Å². The van der Waals surface area contributed by atoms with Crippen molar-refractivity contribution in [3.63, 3.8) is 0 Å². The molecule has 0 fully saturated rings. The van der Waals surface area contributed by atoms with E-state index >= 15 is 0 Å². The molecule has 2 rings (SSSR count). The third-order valence-electron chi connectivity index (χ3n) is 3.01. The molecule has 0 N–H and O–H groups in total. The summed E-state index contributed by atoms with van der Waals surface area (Å²) in [5.41, 5.74) is 0. The van der Waals surface area contributed by atoms with Gasteiger partial charge < -0.3 is 4.74 Å². The number of carbonyl (C=O) groups is 1. The quantitative estimate of drug-likeness (QED) is 0.590. The second kappa shape index (κ2) is 6.54. The Kier molecular flexibility index (Phi) is 5.03. The number of halogens is 1. The van der Waals surface area contributed by atoms with Crippen molar-refractivity contribution in [3.05, 3.63) is 47.5 Å². The van der Waals surface area contributed by atoms with Crippen molar-refractivity contribution in [2.45, 2.75) is 21.6 Å². The van der Waals surface area contributed by atoms with Gasteiger partial charge in [-0.1, -0.05) is 11.6 Å². The van der Waals surface area contributed by atoms with Gasteiger partial charge in [-0.3, -0.25) is 4.79 Å². The van der Waals surface area contributed by atoms with Gasteiger partial charge in [0.25, 0.3) is 0 Å². The summed E-state index contributed by atoms with van der Waals surface area (Å²) in [6.07, 6.45) is 1.02. The maximum atomic E-state index is 12.7. The Morgan fingerprint density at radius 3 is 2.00 bits per heavy atom. The number of carbonyl (C=O) groups excluding carboxylic acids is 1. The number of sulfone groups is 2. The monoisotopic (exact) mass is 388 g/mol. The first-order valence-corrected chi connectivity index (χ1v) is 10.3. The minimum absolute atomic E-state index is 0.00671. The van der Waals surface area contributed by atoms with Crippen molar-refractivity contribution in [2.75, 3.05) is 6.26 Å². The molecule has 2 aromatic carbocycles. The van der Waals surface area contributed by atoms with Crippen molar-refractivity contribution in [1.29, 1.82) is 0 Å². The van der Waals surface area contributed by atoms with Crippen LogP contribution in [0.25, 0.3) is 0 Å². The molecule has 0 aliphatic carbocycles. The molecule has 24 heavy (non-hydrogen) atoms. The highest BCUT2D eigenvalue weighted by atomic mass is 35.5. The lowest BCUT2D eigenvalue weighted by Gasteiger charge is -2.11. The third kappa shape index (κ3) is 3.95. The molecular formula is C15H13ClO6S2. The van der Waals surface area contributed by atoms with Crippen LogP contribution in [0.5, 0.6) is 5.75 Å². The van der Waals surface area contributed by atoms with Crippen LogP contribution in [0.2, 0.25) is 5.02 Å². The molecule has 0 saturated heterocycles. The van der Waals surface area contributed by atoms with Gasteiger partial charge in [0.15, 0.2) is 9.84 Å². The fourth-order valence-corrected chi connectivity index (χ4v) is 4.20. The van der Waals surface area contributed by atoms with Gasteiger partial charge in [0.05, 0.1) is 9.79 Å². The Hall–Kier alpha value is -1.90. The van der Waals surface area contributed by atoms with E-state index < -0.39 is 25.6 Å². The van der Waals surface area contributed by atoms with Gasteiger partial charge in [-0.25, -0.2) is 16.8 Å². The molecule has 0 aliphatic rings. The molecule has 0 bridgehead atoms. The summed E-state index contributed by atoms with van der Waals surface area (Å²) in [6, 6.07) is 8.57. The van der Waals surface area contributed by atoms with Crippen LogP contribution in [-0.2, 0) is 24.5 Å². The van der Waals surface area contributed by atoms with Crippen LogP contribution in [0.1, 0.15) is 6.92 Å². The molecule has 0 heterocycles. The smallest absolute Gasteiger partial charge is 0.308 e. The van der Waals surface area contributed by atoms with Crippen molar-refractivity contribution >= 4 is 37.2 Å². The molecule has 0 atom stereocenters. The van der Waals surface area contributed by atoms with Crippen LogP contribution >= 0.6 is 11.6 Å². The lowest BCUT2D eigenvalue weighted by molar-refractivity contribution is -0.132. The number of hydrogen-bond acceptors (Lipinski definition) is 6. The predicted molar refractivity (Wildman–Crippen MR) is 87.8 cm³/mol. The Balaban J connectivity index is 2.59. The molecule has 128 valence electrons. The zero-order chi connectivity index (χ0) is 18.1. The molecule has 0 unspecified atom stereocenters. The van der Waals surface area contributed by atoms with Crippen LogP contribution in [0.3, 0.4) is 0 Å². The first-order chi connectivity index (χ1) is 11.0. The van der Waals surface area contributed by atoms with E-state index in [9.17, 15) is 21.6 Å². The molecule has 2 aromatic rings. The lowest BCUT2D eigenvalue weighted by Crippen LogP contribution is -2.09. The molecule has 9 heteroatoms. The summed E-state index contributed by atoms with van der Waals surface area (Å²) in [5.74, 6) is -0.833. The number of hydrogen-bond donors (Lipinski definition) is 0. The first kappa shape index (κ1) is 18.4. The first-order valence-electron chi connectivity index (χ1n) is 6.55. The Bertz CT molecular complexity index is 993. The fraction of sp³-hybridized carbons (Fsp3) is 0.133. The maximum absolute atomic E-state index is 12.7. The van der Waals surface area contributed by atoms with Crippen molar-refractivity contribution in [2.24, 2.45) is 0 Å². The molecule has 0 amide bonds. The van der Waals surface area contributed by atoms with Crippen LogP contribution in [0, 0.1) is 0 Å².